The summed E-state index contributed by atoms with van der Waals surface area (Å²) in [6.45, 7) is 4.26. The number of ether oxygens (including phenoxy) is 2. The Morgan fingerprint density at radius 3 is 2.23 bits per heavy atom. The van der Waals surface area contributed by atoms with Gasteiger partial charge in [-0.15, -0.1) is 0 Å². The second-order valence-electron chi connectivity index (χ2n) is 7.47. The molecule has 8 heteroatoms. The zero-order valence-electron chi connectivity index (χ0n) is 16.9. The van der Waals surface area contributed by atoms with Crippen LogP contribution in [-0.2, 0) is 16.1 Å². The van der Waals surface area contributed by atoms with Crippen LogP contribution in [-0.4, -0.2) is 44.0 Å². The molecule has 0 aromatic heterocycles. The van der Waals surface area contributed by atoms with Crippen LogP contribution in [0.4, 0.5) is 24.5 Å². The van der Waals surface area contributed by atoms with E-state index in [0.29, 0.717) is 16.8 Å². The molecule has 2 aromatic rings. The summed E-state index contributed by atoms with van der Waals surface area (Å²) in [5, 5.41) is 2.83. The van der Waals surface area contributed by atoms with Crippen LogP contribution >= 0.6 is 0 Å². The van der Waals surface area contributed by atoms with Crippen molar-refractivity contribution >= 4 is 17.3 Å². The van der Waals surface area contributed by atoms with E-state index in [9.17, 15) is 18.0 Å². The number of halogens is 3. The van der Waals surface area contributed by atoms with E-state index < -0.39 is 12.8 Å². The van der Waals surface area contributed by atoms with Crippen LogP contribution in [0.1, 0.15) is 29.8 Å². The van der Waals surface area contributed by atoms with E-state index in [1.165, 1.54) is 0 Å². The number of hydrogen-bond donors (Lipinski definition) is 1. The van der Waals surface area contributed by atoms with E-state index in [2.05, 4.69) is 15.0 Å². The maximum Gasteiger partial charge on any atom is 0.411 e. The molecule has 0 aliphatic carbocycles. The molecule has 1 N–H and O–H groups in total. The highest BCUT2D eigenvalue weighted by Gasteiger charge is 2.27. The van der Waals surface area contributed by atoms with Crippen molar-refractivity contribution in [1.82, 2.24) is 0 Å². The van der Waals surface area contributed by atoms with Crippen LogP contribution in [0.5, 0.6) is 0 Å². The molecule has 1 fully saturated rings. The molecule has 2 atom stereocenters. The molecule has 0 spiro atoms. The van der Waals surface area contributed by atoms with E-state index in [-0.39, 0.29) is 24.7 Å². The van der Waals surface area contributed by atoms with Gasteiger partial charge in [0.15, 0.2) is 0 Å². The number of amides is 1. The van der Waals surface area contributed by atoms with Gasteiger partial charge in [0, 0.05) is 30.0 Å². The van der Waals surface area contributed by atoms with Crippen molar-refractivity contribution in [3.63, 3.8) is 0 Å². The Morgan fingerprint density at radius 1 is 1.07 bits per heavy atom. The quantitative estimate of drug-likeness (QED) is 0.738. The second-order valence-corrected chi connectivity index (χ2v) is 7.47. The van der Waals surface area contributed by atoms with Gasteiger partial charge in [-0.05, 0) is 55.8 Å². The summed E-state index contributed by atoms with van der Waals surface area (Å²) < 4.78 is 46.7. The number of morpholine rings is 1. The van der Waals surface area contributed by atoms with Crippen LogP contribution in [0.3, 0.4) is 0 Å². The fourth-order valence-electron chi connectivity index (χ4n) is 3.38. The molecule has 30 heavy (non-hydrogen) atoms. The Kier molecular flexibility index (Phi) is 6.99. The lowest BCUT2D eigenvalue weighted by Crippen LogP contribution is -2.45. The minimum Gasteiger partial charge on any atom is -0.372 e. The van der Waals surface area contributed by atoms with Gasteiger partial charge >= 0.3 is 6.18 Å². The van der Waals surface area contributed by atoms with Crippen molar-refractivity contribution in [3.05, 3.63) is 59.7 Å². The van der Waals surface area contributed by atoms with E-state index in [0.717, 1.165) is 18.8 Å². The monoisotopic (exact) mass is 422 g/mol. The second kappa shape index (κ2) is 9.49. The van der Waals surface area contributed by atoms with Gasteiger partial charge in [-0.25, -0.2) is 0 Å². The predicted molar refractivity (Wildman–Crippen MR) is 109 cm³/mol. The highest BCUT2D eigenvalue weighted by Crippen LogP contribution is 2.23. The third kappa shape index (κ3) is 6.47. The Balaban J connectivity index is 1.54. The van der Waals surface area contributed by atoms with Crippen molar-refractivity contribution < 1.29 is 27.4 Å². The molecule has 1 heterocycles. The van der Waals surface area contributed by atoms with Crippen molar-refractivity contribution in [3.8, 4) is 0 Å². The first-order chi connectivity index (χ1) is 14.2. The predicted octanol–water partition coefficient (Wildman–Crippen LogP) is 4.63. The lowest BCUT2D eigenvalue weighted by molar-refractivity contribution is -0.176. The molecule has 0 saturated carbocycles. The highest BCUT2D eigenvalue weighted by molar-refractivity contribution is 6.04. The summed E-state index contributed by atoms with van der Waals surface area (Å²) in [6, 6.07) is 13.9. The van der Waals surface area contributed by atoms with Crippen molar-refractivity contribution in [2.45, 2.75) is 38.8 Å². The highest BCUT2D eigenvalue weighted by atomic mass is 19.4. The Bertz CT molecular complexity index is 828. The van der Waals surface area contributed by atoms with Crippen molar-refractivity contribution in [2.24, 2.45) is 0 Å². The average Bonchev–Trinajstić information content (AvgIpc) is 2.67. The van der Waals surface area contributed by atoms with Crippen molar-refractivity contribution in [2.75, 3.05) is 29.9 Å². The summed E-state index contributed by atoms with van der Waals surface area (Å²) in [7, 11) is 0. The minimum atomic E-state index is -4.35. The van der Waals surface area contributed by atoms with Gasteiger partial charge in [0.25, 0.3) is 5.91 Å². The number of hydrogen-bond acceptors (Lipinski definition) is 4. The number of nitrogens with zero attached hydrogens (tertiary/aromatic N) is 1. The van der Waals surface area contributed by atoms with Crippen LogP contribution in [0.25, 0.3) is 0 Å². The van der Waals surface area contributed by atoms with Crippen molar-refractivity contribution in [1.29, 1.82) is 0 Å². The van der Waals surface area contributed by atoms with Crippen LogP contribution in [0.2, 0.25) is 0 Å². The molecule has 0 bridgehead atoms. The standard InChI is InChI=1S/C22H25F3N2O3/c1-15-11-27(12-16(2)30-15)20-9-7-19(8-10-20)26-21(28)18-5-3-17(4-6-18)13-29-14-22(23,24)25/h3-10,15-16H,11-14H2,1-2H3,(H,26,28). The van der Waals surface area contributed by atoms with Gasteiger partial charge in [0.1, 0.15) is 6.61 Å². The number of alkyl halides is 3. The zero-order valence-corrected chi connectivity index (χ0v) is 16.9. The Hall–Kier alpha value is -2.58. The number of benzene rings is 2. The normalized spacial score (nSPS) is 19.6. The van der Waals surface area contributed by atoms with Gasteiger partial charge in [-0.3, -0.25) is 4.79 Å². The smallest absolute Gasteiger partial charge is 0.372 e. The van der Waals surface area contributed by atoms with Crippen LogP contribution in [0, 0.1) is 0 Å². The number of carbonyl (C=O) groups is 1. The Morgan fingerprint density at radius 2 is 1.67 bits per heavy atom. The summed E-state index contributed by atoms with van der Waals surface area (Å²) in [4.78, 5) is 14.7. The lowest BCUT2D eigenvalue weighted by Gasteiger charge is -2.36. The van der Waals surface area contributed by atoms with E-state index in [1.54, 1.807) is 24.3 Å². The number of carbonyl (C=O) groups excluding carboxylic acids is 1. The van der Waals surface area contributed by atoms with Gasteiger partial charge in [0.2, 0.25) is 0 Å². The van der Waals surface area contributed by atoms with E-state index >= 15 is 0 Å². The molecule has 3 rings (SSSR count). The summed E-state index contributed by atoms with van der Waals surface area (Å²) >= 11 is 0. The maximum atomic E-state index is 12.4. The van der Waals surface area contributed by atoms with Gasteiger partial charge < -0.3 is 19.7 Å². The summed E-state index contributed by atoms with van der Waals surface area (Å²) in [5.41, 5.74) is 2.71. The molecule has 1 amide bonds. The maximum absolute atomic E-state index is 12.4. The average molecular weight is 422 g/mol. The molecule has 5 nitrogen and oxygen atoms in total. The van der Waals surface area contributed by atoms with Gasteiger partial charge in [-0.1, -0.05) is 12.1 Å². The van der Waals surface area contributed by atoms with E-state index in [4.69, 9.17) is 4.74 Å². The molecule has 2 aromatic carbocycles. The number of anilines is 2. The zero-order chi connectivity index (χ0) is 21.7. The largest absolute Gasteiger partial charge is 0.411 e. The summed E-state index contributed by atoms with van der Waals surface area (Å²) in [6.07, 6.45) is -4.03. The first-order valence-electron chi connectivity index (χ1n) is 9.75. The van der Waals surface area contributed by atoms with Gasteiger partial charge in [0.05, 0.1) is 18.8 Å². The molecule has 162 valence electrons. The minimum absolute atomic E-state index is 0.162. The number of rotatable bonds is 6. The SMILES string of the molecule is CC1CN(c2ccc(NC(=O)c3ccc(COCC(F)(F)F)cc3)cc2)CC(C)O1. The lowest BCUT2D eigenvalue weighted by atomic mass is 10.1. The fraction of sp³-hybridized carbons (Fsp3) is 0.409. The molecule has 1 saturated heterocycles. The molecule has 1 aliphatic rings. The molecule has 1 aliphatic heterocycles. The first-order valence-corrected chi connectivity index (χ1v) is 9.75. The van der Waals surface area contributed by atoms with Crippen LogP contribution < -0.4 is 10.2 Å². The third-order valence-electron chi connectivity index (χ3n) is 4.66. The van der Waals surface area contributed by atoms with Gasteiger partial charge in [-0.2, -0.15) is 13.2 Å². The molecular weight excluding hydrogens is 397 g/mol. The third-order valence-corrected chi connectivity index (χ3v) is 4.66. The summed E-state index contributed by atoms with van der Waals surface area (Å²) in [5.74, 6) is -0.292. The topological polar surface area (TPSA) is 50.8 Å². The fourth-order valence-corrected chi connectivity index (χ4v) is 3.38. The Labute approximate surface area is 173 Å². The number of nitrogens with one attached hydrogen (secondary N) is 1. The first kappa shape index (κ1) is 22.1. The molecule has 0 radical (unpaired) electrons. The van der Waals surface area contributed by atoms with E-state index in [1.807, 2.05) is 38.1 Å². The van der Waals surface area contributed by atoms with Crippen LogP contribution in [0.15, 0.2) is 48.5 Å². The molecular formula is C22H25F3N2O3. The molecule has 2 unspecified atom stereocenters.